The normalized spacial score (nSPS) is 18.0. The third kappa shape index (κ3) is 2.28. The predicted octanol–water partition coefficient (Wildman–Crippen LogP) is 0.352. The van der Waals surface area contributed by atoms with E-state index < -0.39 is 0 Å². The smallest absolute Gasteiger partial charge is 0.0471 e. The molecule has 2 nitrogen and oxygen atoms in total. The minimum atomic E-state index is 0.167. The minimum Gasteiger partial charge on any atom is -0.396 e. The standard InChI is InChI=1S/C6H15NO/c1-3-6(7)5(2)4-8/h5-6,8H,3-4,7H2,1-2H3/t5-,6-/m1/s1. The van der Waals surface area contributed by atoms with Gasteiger partial charge in [-0.15, -0.1) is 0 Å². The van der Waals surface area contributed by atoms with Crippen molar-refractivity contribution >= 4 is 0 Å². The maximum Gasteiger partial charge on any atom is 0.0471 e. The predicted molar refractivity (Wildman–Crippen MR) is 34.5 cm³/mol. The highest BCUT2D eigenvalue weighted by molar-refractivity contribution is 4.64. The Morgan fingerprint density at radius 1 is 1.62 bits per heavy atom. The Balaban J connectivity index is 3.29. The van der Waals surface area contributed by atoms with Gasteiger partial charge in [0.05, 0.1) is 0 Å². The third-order valence-electron chi connectivity index (χ3n) is 1.49. The molecule has 0 aliphatic rings. The van der Waals surface area contributed by atoms with Gasteiger partial charge in [0.25, 0.3) is 0 Å². The maximum atomic E-state index is 8.56. The van der Waals surface area contributed by atoms with Crippen LogP contribution in [0.4, 0.5) is 0 Å². The number of nitrogens with two attached hydrogens (primary N) is 1. The first kappa shape index (κ1) is 7.92. The molecule has 0 aliphatic heterocycles. The van der Waals surface area contributed by atoms with Crippen LogP contribution in [0.3, 0.4) is 0 Å². The largest absolute Gasteiger partial charge is 0.396 e. The molecule has 50 valence electrons. The van der Waals surface area contributed by atoms with Gasteiger partial charge in [-0.1, -0.05) is 13.8 Å². The van der Waals surface area contributed by atoms with Crippen LogP contribution in [-0.4, -0.2) is 17.8 Å². The molecular weight excluding hydrogens is 102 g/mol. The molecule has 0 aromatic heterocycles. The molecular formula is C6H15NO. The quantitative estimate of drug-likeness (QED) is 0.560. The lowest BCUT2D eigenvalue weighted by atomic mass is 10.0. The molecule has 0 aliphatic carbocycles. The Morgan fingerprint density at radius 3 is 2.25 bits per heavy atom. The molecule has 0 radical (unpaired) electrons. The van der Waals surface area contributed by atoms with Crippen molar-refractivity contribution in [1.82, 2.24) is 0 Å². The van der Waals surface area contributed by atoms with Gasteiger partial charge in [0, 0.05) is 12.6 Å². The molecule has 3 N–H and O–H groups in total. The summed E-state index contributed by atoms with van der Waals surface area (Å²) < 4.78 is 0. The summed E-state index contributed by atoms with van der Waals surface area (Å²) in [5.41, 5.74) is 5.57. The molecule has 0 rings (SSSR count). The van der Waals surface area contributed by atoms with E-state index in [1.807, 2.05) is 13.8 Å². The van der Waals surface area contributed by atoms with Crippen molar-refractivity contribution in [3.05, 3.63) is 0 Å². The van der Waals surface area contributed by atoms with Crippen LogP contribution in [-0.2, 0) is 0 Å². The fourth-order valence-electron chi connectivity index (χ4n) is 0.538. The molecule has 8 heavy (non-hydrogen) atoms. The highest BCUT2D eigenvalue weighted by Gasteiger charge is 2.07. The fourth-order valence-corrected chi connectivity index (χ4v) is 0.538. The molecule has 0 spiro atoms. The van der Waals surface area contributed by atoms with Crippen LogP contribution in [0.1, 0.15) is 20.3 Å². The van der Waals surface area contributed by atoms with E-state index in [9.17, 15) is 0 Å². The molecule has 0 heterocycles. The number of aliphatic hydroxyl groups excluding tert-OH is 1. The van der Waals surface area contributed by atoms with Gasteiger partial charge < -0.3 is 10.8 Å². The van der Waals surface area contributed by atoms with Crippen LogP contribution < -0.4 is 5.73 Å². The topological polar surface area (TPSA) is 46.2 Å². The van der Waals surface area contributed by atoms with Crippen LogP contribution in [0.25, 0.3) is 0 Å². The van der Waals surface area contributed by atoms with Gasteiger partial charge >= 0.3 is 0 Å². The zero-order chi connectivity index (χ0) is 6.57. The molecule has 2 atom stereocenters. The lowest BCUT2D eigenvalue weighted by molar-refractivity contribution is 0.214. The monoisotopic (exact) mass is 117 g/mol. The summed E-state index contributed by atoms with van der Waals surface area (Å²) >= 11 is 0. The number of aliphatic hydroxyl groups is 1. The summed E-state index contributed by atoms with van der Waals surface area (Å²) in [7, 11) is 0. The molecule has 0 bridgehead atoms. The van der Waals surface area contributed by atoms with Crippen molar-refractivity contribution in [3.8, 4) is 0 Å². The molecule has 0 saturated carbocycles. The Labute approximate surface area is 50.7 Å². The van der Waals surface area contributed by atoms with Crippen molar-refractivity contribution < 1.29 is 5.11 Å². The Morgan fingerprint density at radius 2 is 2.12 bits per heavy atom. The van der Waals surface area contributed by atoms with Crippen LogP contribution in [0.15, 0.2) is 0 Å². The molecule has 0 amide bonds. The Bertz CT molecular complexity index is 48.5. The summed E-state index contributed by atoms with van der Waals surface area (Å²) in [6.45, 7) is 4.18. The highest BCUT2D eigenvalue weighted by Crippen LogP contribution is 2.00. The second-order valence-electron chi connectivity index (χ2n) is 2.23. The first-order valence-corrected chi connectivity index (χ1v) is 3.08. The van der Waals surface area contributed by atoms with Gasteiger partial charge in [-0.2, -0.15) is 0 Å². The SMILES string of the molecule is CC[C@@H](N)[C@H](C)CO. The van der Waals surface area contributed by atoms with E-state index >= 15 is 0 Å². The van der Waals surface area contributed by atoms with E-state index in [2.05, 4.69) is 0 Å². The summed E-state index contributed by atoms with van der Waals surface area (Å²) in [5.74, 6) is 0.250. The molecule has 0 aromatic rings. The Hall–Kier alpha value is -0.0800. The Kier molecular flexibility index (Phi) is 3.83. The van der Waals surface area contributed by atoms with Crippen LogP contribution in [0.5, 0.6) is 0 Å². The zero-order valence-electron chi connectivity index (χ0n) is 5.59. The lowest BCUT2D eigenvalue weighted by Crippen LogP contribution is -2.29. The third-order valence-corrected chi connectivity index (χ3v) is 1.49. The van der Waals surface area contributed by atoms with Crippen LogP contribution in [0, 0.1) is 5.92 Å². The first-order chi connectivity index (χ1) is 3.72. The van der Waals surface area contributed by atoms with Gasteiger partial charge in [-0.3, -0.25) is 0 Å². The van der Waals surface area contributed by atoms with Crippen molar-refractivity contribution in [3.63, 3.8) is 0 Å². The molecule has 2 heteroatoms. The number of hydrogen-bond acceptors (Lipinski definition) is 2. The van der Waals surface area contributed by atoms with Crippen molar-refractivity contribution in [2.75, 3.05) is 6.61 Å². The second-order valence-corrected chi connectivity index (χ2v) is 2.23. The minimum absolute atomic E-state index is 0.167. The van der Waals surface area contributed by atoms with Crippen LogP contribution >= 0.6 is 0 Å². The van der Waals surface area contributed by atoms with Gasteiger partial charge in [0.2, 0.25) is 0 Å². The van der Waals surface area contributed by atoms with E-state index in [4.69, 9.17) is 10.8 Å². The average Bonchev–Trinajstić information content (AvgIpc) is 1.84. The summed E-state index contributed by atoms with van der Waals surface area (Å²) in [5, 5.41) is 8.56. The molecule has 0 unspecified atom stereocenters. The number of hydrogen-bond donors (Lipinski definition) is 2. The zero-order valence-corrected chi connectivity index (χ0v) is 5.59. The molecule has 0 fully saturated rings. The number of rotatable bonds is 3. The van der Waals surface area contributed by atoms with Gasteiger partial charge in [-0.05, 0) is 12.3 Å². The fraction of sp³-hybridized carbons (Fsp3) is 1.00. The van der Waals surface area contributed by atoms with Gasteiger partial charge in [-0.25, -0.2) is 0 Å². The maximum absolute atomic E-state index is 8.56. The van der Waals surface area contributed by atoms with E-state index in [0.29, 0.717) is 0 Å². The van der Waals surface area contributed by atoms with E-state index in [1.165, 1.54) is 0 Å². The van der Waals surface area contributed by atoms with E-state index in [1.54, 1.807) is 0 Å². The van der Waals surface area contributed by atoms with Crippen molar-refractivity contribution in [1.29, 1.82) is 0 Å². The summed E-state index contributed by atoms with van der Waals surface area (Å²) in [6.07, 6.45) is 0.946. The summed E-state index contributed by atoms with van der Waals surface area (Å²) in [6, 6.07) is 0.167. The second kappa shape index (κ2) is 3.87. The van der Waals surface area contributed by atoms with Crippen molar-refractivity contribution in [2.45, 2.75) is 26.3 Å². The summed E-state index contributed by atoms with van der Waals surface area (Å²) in [4.78, 5) is 0. The lowest BCUT2D eigenvalue weighted by Gasteiger charge is -2.14. The molecule has 0 saturated heterocycles. The van der Waals surface area contributed by atoms with E-state index in [-0.39, 0.29) is 18.6 Å². The average molecular weight is 117 g/mol. The highest BCUT2D eigenvalue weighted by atomic mass is 16.3. The van der Waals surface area contributed by atoms with Gasteiger partial charge in [0.15, 0.2) is 0 Å². The first-order valence-electron chi connectivity index (χ1n) is 3.08. The van der Waals surface area contributed by atoms with Crippen molar-refractivity contribution in [2.24, 2.45) is 11.7 Å². The van der Waals surface area contributed by atoms with Crippen LogP contribution in [0.2, 0.25) is 0 Å². The molecule has 0 aromatic carbocycles. The van der Waals surface area contributed by atoms with Gasteiger partial charge in [0.1, 0.15) is 0 Å². The van der Waals surface area contributed by atoms with E-state index in [0.717, 1.165) is 6.42 Å².